The first-order chi connectivity index (χ1) is 8.22. The highest BCUT2D eigenvalue weighted by Gasteiger charge is 2.01. The molecule has 0 spiro atoms. The normalized spacial score (nSPS) is 11.3. The smallest absolute Gasteiger partial charge is 0.250 e. The van der Waals surface area contributed by atoms with Crippen molar-refractivity contribution in [2.24, 2.45) is 0 Å². The maximum absolute atomic E-state index is 11.6. The summed E-state index contributed by atoms with van der Waals surface area (Å²) in [6.07, 6.45) is 2.50. The zero-order chi connectivity index (χ0) is 12.5. The van der Waals surface area contributed by atoms with Crippen LogP contribution in [0.15, 0.2) is 40.8 Å². The highest BCUT2D eigenvalue weighted by Crippen LogP contribution is 2.32. The topological polar surface area (TPSA) is 29.1 Å². The van der Waals surface area contributed by atoms with Crippen LogP contribution in [0.3, 0.4) is 0 Å². The molecule has 0 bridgehead atoms. The Kier molecular flexibility index (Phi) is 7.24. The molecule has 92 valence electrons. The molecule has 0 fully saturated rings. The van der Waals surface area contributed by atoms with Crippen molar-refractivity contribution in [2.45, 2.75) is 13.3 Å². The van der Waals surface area contributed by atoms with Crippen molar-refractivity contribution in [2.75, 3.05) is 11.1 Å². The lowest BCUT2D eigenvalue weighted by Gasteiger charge is -2.01. The third-order valence-corrected chi connectivity index (χ3v) is 4.69. The van der Waals surface area contributed by atoms with E-state index in [-0.39, 0.29) is 5.91 Å². The molecule has 0 aromatic heterocycles. The van der Waals surface area contributed by atoms with E-state index in [1.807, 2.05) is 30.3 Å². The first-order valence-corrected chi connectivity index (χ1v) is 7.94. The molecular weight excluding hydrogens is 274 g/mol. The molecule has 0 atom stereocenters. The van der Waals surface area contributed by atoms with Gasteiger partial charge in [0.15, 0.2) is 0 Å². The summed E-state index contributed by atoms with van der Waals surface area (Å²) in [7, 11) is 3.07. The van der Waals surface area contributed by atoms with Crippen LogP contribution in [0.25, 0.3) is 0 Å². The minimum Gasteiger partial charge on any atom is -0.322 e. The van der Waals surface area contributed by atoms with Crippen LogP contribution >= 0.6 is 33.2 Å². The van der Waals surface area contributed by atoms with Gasteiger partial charge in [-0.15, -0.1) is 0 Å². The average molecular weight is 288 g/mol. The number of anilines is 1. The van der Waals surface area contributed by atoms with Gasteiger partial charge >= 0.3 is 0 Å². The molecule has 0 radical (unpaired) electrons. The molecule has 1 aromatic carbocycles. The van der Waals surface area contributed by atoms with Crippen LogP contribution in [-0.4, -0.2) is 11.7 Å². The zero-order valence-electron chi connectivity index (χ0n) is 9.48. The van der Waals surface area contributed by atoms with E-state index in [1.54, 1.807) is 10.8 Å². The van der Waals surface area contributed by atoms with E-state index in [0.717, 1.165) is 17.9 Å². The summed E-state index contributed by atoms with van der Waals surface area (Å²) in [5, 5.41) is 2.74. The fourth-order valence-electron chi connectivity index (χ4n) is 1.01. The van der Waals surface area contributed by atoms with Gasteiger partial charge in [0.25, 0.3) is 0 Å². The van der Waals surface area contributed by atoms with E-state index in [9.17, 15) is 4.79 Å². The Bertz CT molecular complexity index is 381. The second kappa shape index (κ2) is 8.50. The van der Waals surface area contributed by atoms with Gasteiger partial charge in [0.05, 0.1) is 4.36 Å². The van der Waals surface area contributed by atoms with E-state index >= 15 is 0 Å². The Balaban J connectivity index is 2.40. The molecule has 2 nitrogen and oxygen atoms in total. The summed E-state index contributed by atoms with van der Waals surface area (Å²) < 4.78 is 0.497. The number of halogens is 1. The Labute approximate surface area is 115 Å². The van der Waals surface area contributed by atoms with Gasteiger partial charge in [-0.2, -0.15) is 0 Å². The Morgan fingerprint density at radius 3 is 2.76 bits per heavy atom. The molecule has 0 unspecified atom stereocenters. The number of amides is 1. The number of carbonyl (C=O) groups excluding carboxylic acids is 1. The summed E-state index contributed by atoms with van der Waals surface area (Å²) in [5.41, 5.74) is 0.768. The monoisotopic (exact) mass is 287 g/mol. The van der Waals surface area contributed by atoms with Crippen molar-refractivity contribution < 1.29 is 4.79 Å². The fourth-order valence-corrected chi connectivity index (χ4v) is 3.26. The molecule has 1 aromatic rings. The van der Waals surface area contributed by atoms with Gasteiger partial charge in [-0.25, -0.2) is 0 Å². The van der Waals surface area contributed by atoms with Crippen molar-refractivity contribution >= 4 is 44.8 Å². The second-order valence-electron chi connectivity index (χ2n) is 3.21. The first kappa shape index (κ1) is 14.5. The molecular formula is C12H14ClNOS2. The van der Waals surface area contributed by atoms with Gasteiger partial charge in [0.1, 0.15) is 0 Å². The van der Waals surface area contributed by atoms with E-state index in [4.69, 9.17) is 11.6 Å². The van der Waals surface area contributed by atoms with Crippen LogP contribution in [0.5, 0.6) is 0 Å². The number of hydrogen-bond donors (Lipinski definition) is 1. The van der Waals surface area contributed by atoms with Crippen molar-refractivity contribution in [3.8, 4) is 0 Å². The van der Waals surface area contributed by atoms with E-state index < -0.39 is 0 Å². The molecule has 1 amide bonds. The van der Waals surface area contributed by atoms with E-state index in [0.29, 0.717) is 4.36 Å². The summed E-state index contributed by atoms with van der Waals surface area (Å²) >= 11 is 5.92. The van der Waals surface area contributed by atoms with Crippen molar-refractivity contribution in [3.63, 3.8) is 0 Å². The SMILES string of the molecule is CCCSS/C(Cl)=C\C(=O)Nc1ccccc1. The maximum Gasteiger partial charge on any atom is 0.250 e. The molecule has 5 heteroatoms. The van der Waals surface area contributed by atoms with Gasteiger partial charge < -0.3 is 5.32 Å². The van der Waals surface area contributed by atoms with Crippen LogP contribution in [0, 0.1) is 0 Å². The summed E-state index contributed by atoms with van der Waals surface area (Å²) in [4.78, 5) is 11.6. The predicted molar refractivity (Wildman–Crippen MR) is 79.3 cm³/mol. The minimum atomic E-state index is -0.203. The number of benzene rings is 1. The molecule has 0 saturated carbocycles. The number of hydrogen-bond acceptors (Lipinski definition) is 3. The number of para-hydroxylation sites is 1. The van der Waals surface area contributed by atoms with Crippen LogP contribution in [0.2, 0.25) is 0 Å². The fraction of sp³-hybridized carbons (Fsp3) is 0.250. The van der Waals surface area contributed by atoms with Gasteiger partial charge in [0, 0.05) is 17.5 Å². The Morgan fingerprint density at radius 2 is 2.12 bits per heavy atom. The number of carbonyl (C=O) groups is 1. The van der Waals surface area contributed by atoms with Crippen LogP contribution in [0.4, 0.5) is 5.69 Å². The molecule has 0 heterocycles. The summed E-state index contributed by atoms with van der Waals surface area (Å²) in [6.45, 7) is 2.10. The lowest BCUT2D eigenvalue weighted by Crippen LogP contribution is -2.07. The second-order valence-corrected chi connectivity index (χ2v) is 6.30. The third-order valence-electron chi connectivity index (χ3n) is 1.71. The molecule has 0 saturated heterocycles. The Hall–Kier alpha value is -0.580. The van der Waals surface area contributed by atoms with Crippen LogP contribution in [0.1, 0.15) is 13.3 Å². The highest BCUT2D eigenvalue weighted by atomic mass is 35.5. The molecule has 17 heavy (non-hydrogen) atoms. The average Bonchev–Trinajstić information content (AvgIpc) is 2.30. The largest absolute Gasteiger partial charge is 0.322 e. The number of nitrogens with one attached hydrogen (secondary N) is 1. The minimum absolute atomic E-state index is 0.203. The van der Waals surface area contributed by atoms with Crippen molar-refractivity contribution in [3.05, 3.63) is 40.8 Å². The number of rotatable bonds is 6. The highest BCUT2D eigenvalue weighted by molar-refractivity contribution is 8.78. The summed E-state index contributed by atoms with van der Waals surface area (Å²) in [5.74, 6) is 0.820. The quantitative estimate of drug-likeness (QED) is 0.475. The van der Waals surface area contributed by atoms with E-state index in [2.05, 4.69) is 12.2 Å². The van der Waals surface area contributed by atoms with E-state index in [1.165, 1.54) is 16.9 Å². The van der Waals surface area contributed by atoms with Gasteiger partial charge in [-0.05, 0) is 29.3 Å². The lowest BCUT2D eigenvalue weighted by molar-refractivity contribution is -0.111. The predicted octanol–water partition coefficient (Wildman–Crippen LogP) is 4.50. The molecule has 1 rings (SSSR count). The molecule has 0 aliphatic rings. The Morgan fingerprint density at radius 1 is 1.41 bits per heavy atom. The maximum atomic E-state index is 11.6. The molecule has 0 aliphatic heterocycles. The lowest BCUT2D eigenvalue weighted by atomic mass is 10.3. The van der Waals surface area contributed by atoms with Gasteiger partial charge in [-0.1, -0.05) is 47.5 Å². The van der Waals surface area contributed by atoms with Crippen LogP contribution < -0.4 is 5.32 Å². The standard InChI is InChI=1S/C12H14ClNOS2/c1-2-8-16-17-11(13)9-12(15)14-10-6-4-3-5-7-10/h3-7,9H,2,8H2,1H3,(H,14,15)/b11-9-. The van der Waals surface area contributed by atoms with Gasteiger partial charge in [0.2, 0.25) is 5.91 Å². The van der Waals surface area contributed by atoms with Crippen molar-refractivity contribution in [1.82, 2.24) is 0 Å². The first-order valence-electron chi connectivity index (χ1n) is 5.25. The molecule has 1 N–H and O–H groups in total. The third kappa shape index (κ3) is 6.66. The van der Waals surface area contributed by atoms with Crippen molar-refractivity contribution in [1.29, 1.82) is 0 Å². The van der Waals surface area contributed by atoms with Gasteiger partial charge in [-0.3, -0.25) is 4.79 Å². The molecule has 0 aliphatic carbocycles. The zero-order valence-corrected chi connectivity index (χ0v) is 11.9. The van der Waals surface area contributed by atoms with Crippen LogP contribution in [-0.2, 0) is 4.79 Å². The summed E-state index contributed by atoms with van der Waals surface area (Å²) in [6, 6.07) is 9.30.